The van der Waals surface area contributed by atoms with Crippen molar-refractivity contribution in [3.05, 3.63) is 106 Å². The van der Waals surface area contributed by atoms with Gasteiger partial charge < -0.3 is 10.5 Å². The summed E-state index contributed by atoms with van der Waals surface area (Å²) in [7, 11) is 0. The first-order valence-corrected chi connectivity index (χ1v) is 11.9. The number of rotatable bonds is 7. The fourth-order valence-electron chi connectivity index (χ4n) is 4.22. The van der Waals surface area contributed by atoms with E-state index in [4.69, 9.17) is 38.8 Å². The van der Waals surface area contributed by atoms with Crippen LogP contribution in [-0.2, 0) is 20.7 Å². The molecule has 0 radical (unpaired) electrons. The fraction of sp³-hybridized carbons (Fsp3) is 0.259. The molecule has 3 aromatic rings. The zero-order valence-electron chi connectivity index (χ0n) is 19.2. The molecule has 0 fully saturated rings. The molecule has 1 aliphatic heterocycles. The topological polar surface area (TPSA) is 67.9 Å². The number of benzene rings is 3. The van der Waals surface area contributed by atoms with E-state index in [9.17, 15) is 4.79 Å². The van der Waals surface area contributed by atoms with Crippen molar-refractivity contribution in [2.75, 3.05) is 6.54 Å². The number of carbonyl (C=O) groups excluding carboxylic acids is 1. The van der Waals surface area contributed by atoms with Gasteiger partial charge in [0.1, 0.15) is 0 Å². The molecule has 34 heavy (non-hydrogen) atoms. The Kier molecular flexibility index (Phi) is 6.99. The van der Waals surface area contributed by atoms with Gasteiger partial charge in [-0.1, -0.05) is 83.9 Å². The predicted octanol–water partition coefficient (Wildman–Crippen LogP) is 6.08. The van der Waals surface area contributed by atoms with E-state index in [0.717, 1.165) is 5.56 Å². The Morgan fingerprint density at radius 1 is 0.971 bits per heavy atom. The van der Waals surface area contributed by atoms with Crippen molar-refractivity contribution in [3.8, 4) is 0 Å². The SMILES string of the molecule is CC(C)(C(=O)N1N=C(c2ccccc2Cl)OC1(CCCN)c1ccccc1)c1ccccc1Cl. The maximum absolute atomic E-state index is 14.2. The average molecular weight is 496 g/mol. The molecule has 1 atom stereocenters. The van der Waals surface area contributed by atoms with Crippen LogP contribution in [0.4, 0.5) is 0 Å². The number of nitrogens with zero attached hydrogens (tertiary/aromatic N) is 2. The number of hydrogen-bond donors (Lipinski definition) is 1. The van der Waals surface area contributed by atoms with Crippen molar-refractivity contribution < 1.29 is 9.53 Å². The summed E-state index contributed by atoms with van der Waals surface area (Å²) in [6.07, 6.45) is 1.08. The van der Waals surface area contributed by atoms with Crippen molar-refractivity contribution in [2.24, 2.45) is 10.8 Å². The number of halogens is 2. The van der Waals surface area contributed by atoms with Crippen LogP contribution in [0.25, 0.3) is 0 Å². The second-order valence-electron chi connectivity index (χ2n) is 8.75. The lowest BCUT2D eigenvalue weighted by Gasteiger charge is -2.39. The smallest absolute Gasteiger partial charge is 0.256 e. The second kappa shape index (κ2) is 9.79. The zero-order valence-corrected chi connectivity index (χ0v) is 20.7. The Balaban J connectivity index is 1.89. The molecule has 0 spiro atoms. The highest BCUT2D eigenvalue weighted by Gasteiger charge is 2.53. The molecular weight excluding hydrogens is 469 g/mol. The number of hydrogen-bond acceptors (Lipinski definition) is 4. The standard InChI is InChI=1S/C27H27Cl2N3O2/c1-26(2,21-14-7-9-16-23(21)29)25(33)32-27(17-10-18-30,19-11-4-3-5-12-19)34-24(31-32)20-13-6-8-15-22(20)28/h3-9,11-16H,10,17-18,30H2,1-2H3. The van der Waals surface area contributed by atoms with Crippen molar-refractivity contribution in [1.82, 2.24) is 5.01 Å². The van der Waals surface area contributed by atoms with Crippen LogP contribution in [0.2, 0.25) is 10.0 Å². The molecule has 2 N–H and O–H groups in total. The Morgan fingerprint density at radius 2 is 1.59 bits per heavy atom. The fourth-order valence-corrected chi connectivity index (χ4v) is 4.81. The van der Waals surface area contributed by atoms with E-state index in [1.165, 1.54) is 5.01 Å². The largest absolute Gasteiger partial charge is 0.443 e. The quantitative estimate of drug-likeness (QED) is 0.431. The average Bonchev–Trinajstić information content (AvgIpc) is 3.23. The summed E-state index contributed by atoms with van der Waals surface area (Å²) in [5.74, 6) is 0.0401. The summed E-state index contributed by atoms with van der Waals surface area (Å²) < 4.78 is 6.58. The molecule has 1 unspecified atom stereocenters. The number of hydrazone groups is 1. The third-order valence-corrected chi connectivity index (χ3v) is 6.78. The van der Waals surface area contributed by atoms with Crippen molar-refractivity contribution in [1.29, 1.82) is 0 Å². The summed E-state index contributed by atoms with van der Waals surface area (Å²) in [6.45, 7) is 4.13. The first-order valence-electron chi connectivity index (χ1n) is 11.2. The summed E-state index contributed by atoms with van der Waals surface area (Å²) in [5, 5.41) is 7.20. The van der Waals surface area contributed by atoms with Gasteiger partial charge in [0.25, 0.3) is 5.91 Å². The Morgan fingerprint density at radius 3 is 2.24 bits per heavy atom. The molecule has 1 amide bonds. The number of nitrogens with two attached hydrogens (primary N) is 1. The van der Waals surface area contributed by atoms with E-state index in [1.54, 1.807) is 12.1 Å². The summed E-state index contributed by atoms with van der Waals surface area (Å²) in [5.41, 5.74) is 5.87. The van der Waals surface area contributed by atoms with Crippen LogP contribution in [0.3, 0.4) is 0 Å². The highest BCUT2D eigenvalue weighted by atomic mass is 35.5. The van der Waals surface area contributed by atoms with Gasteiger partial charge in [0.15, 0.2) is 0 Å². The molecule has 3 aromatic carbocycles. The second-order valence-corrected chi connectivity index (χ2v) is 9.57. The first kappa shape index (κ1) is 24.3. The number of amides is 1. The van der Waals surface area contributed by atoms with Gasteiger partial charge in [-0.05, 0) is 50.6 Å². The molecule has 1 heterocycles. The Hall–Kier alpha value is -2.86. The van der Waals surface area contributed by atoms with E-state index in [-0.39, 0.29) is 11.8 Å². The highest BCUT2D eigenvalue weighted by Crippen LogP contribution is 2.44. The van der Waals surface area contributed by atoms with E-state index in [1.807, 2.05) is 80.6 Å². The first-order chi connectivity index (χ1) is 16.3. The van der Waals surface area contributed by atoms with Gasteiger partial charge in [0.05, 0.1) is 16.0 Å². The van der Waals surface area contributed by atoms with Gasteiger partial charge in [-0.15, -0.1) is 5.10 Å². The monoisotopic (exact) mass is 495 g/mol. The lowest BCUT2D eigenvalue weighted by Crippen LogP contribution is -2.51. The predicted molar refractivity (Wildman–Crippen MR) is 137 cm³/mol. The maximum atomic E-state index is 14.2. The highest BCUT2D eigenvalue weighted by molar-refractivity contribution is 6.34. The van der Waals surface area contributed by atoms with Gasteiger partial charge in [-0.3, -0.25) is 4.79 Å². The van der Waals surface area contributed by atoms with Crippen molar-refractivity contribution in [3.63, 3.8) is 0 Å². The molecular formula is C27H27Cl2N3O2. The molecule has 0 bridgehead atoms. The minimum Gasteiger partial charge on any atom is -0.443 e. The normalized spacial score (nSPS) is 17.9. The Labute approximate surface area is 210 Å². The van der Waals surface area contributed by atoms with Crippen molar-refractivity contribution in [2.45, 2.75) is 37.8 Å². The van der Waals surface area contributed by atoms with E-state index < -0.39 is 11.1 Å². The maximum Gasteiger partial charge on any atom is 0.256 e. The molecule has 0 saturated heterocycles. The lowest BCUT2D eigenvalue weighted by atomic mass is 9.82. The third-order valence-electron chi connectivity index (χ3n) is 6.12. The third kappa shape index (κ3) is 4.31. The van der Waals surface area contributed by atoms with Gasteiger partial charge in [-0.25, -0.2) is 0 Å². The molecule has 5 nitrogen and oxygen atoms in total. The summed E-state index contributed by atoms with van der Waals surface area (Å²) in [4.78, 5) is 14.2. The molecule has 176 valence electrons. The minimum absolute atomic E-state index is 0.247. The summed E-state index contributed by atoms with van der Waals surface area (Å²) in [6, 6.07) is 24.3. The van der Waals surface area contributed by atoms with E-state index in [2.05, 4.69) is 0 Å². The number of ether oxygens (including phenoxy) is 1. The van der Waals surface area contributed by atoms with E-state index >= 15 is 0 Å². The molecule has 4 rings (SSSR count). The van der Waals surface area contributed by atoms with Crippen molar-refractivity contribution >= 4 is 35.0 Å². The molecule has 1 aliphatic rings. The Bertz CT molecular complexity index is 1210. The van der Waals surface area contributed by atoms with Crippen LogP contribution >= 0.6 is 23.2 Å². The minimum atomic E-state index is -1.18. The summed E-state index contributed by atoms with van der Waals surface area (Å²) >= 11 is 13.0. The lowest BCUT2D eigenvalue weighted by molar-refractivity contribution is -0.158. The van der Waals surface area contributed by atoms with Crippen LogP contribution in [-0.4, -0.2) is 23.4 Å². The molecule has 0 aromatic heterocycles. The van der Waals surface area contributed by atoms with Gasteiger partial charge in [0, 0.05) is 17.0 Å². The van der Waals surface area contributed by atoms with Crippen LogP contribution < -0.4 is 5.73 Å². The molecule has 0 aliphatic carbocycles. The van der Waals surface area contributed by atoms with E-state index in [0.29, 0.717) is 40.6 Å². The van der Waals surface area contributed by atoms with Gasteiger partial charge in [0.2, 0.25) is 11.6 Å². The van der Waals surface area contributed by atoms with Gasteiger partial charge in [-0.2, -0.15) is 5.01 Å². The zero-order chi connectivity index (χ0) is 24.3. The molecule has 0 saturated carbocycles. The number of carbonyl (C=O) groups is 1. The van der Waals surface area contributed by atoms with Crippen LogP contribution in [0.1, 0.15) is 43.4 Å². The van der Waals surface area contributed by atoms with Crippen LogP contribution in [0.15, 0.2) is 84.0 Å². The van der Waals surface area contributed by atoms with Crippen LogP contribution in [0.5, 0.6) is 0 Å². The molecule has 7 heteroatoms. The van der Waals surface area contributed by atoms with Crippen LogP contribution in [0, 0.1) is 0 Å². The van der Waals surface area contributed by atoms with Gasteiger partial charge >= 0.3 is 0 Å².